The lowest BCUT2D eigenvalue weighted by Gasteiger charge is -2.13. The van der Waals surface area contributed by atoms with Crippen LogP contribution in [0.3, 0.4) is 0 Å². The second-order valence-electron chi connectivity index (χ2n) is 4.89. The second kappa shape index (κ2) is 5.98. The summed E-state index contributed by atoms with van der Waals surface area (Å²) in [5, 5.41) is 8.99. The molecule has 0 bridgehead atoms. The summed E-state index contributed by atoms with van der Waals surface area (Å²) >= 11 is 1.48. The highest BCUT2D eigenvalue weighted by Crippen LogP contribution is 2.29. The molecule has 4 N–H and O–H groups in total. The lowest BCUT2D eigenvalue weighted by Crippen LogP contribution is -2.05. The number of hydrogen-bond acceptors (Lipinski definition) is 7. The Morgan fingerprint density at radius 2 is 1.82 bits per heavy atom. The number of anilines is 5. The van der Waals surface area contributed by atoms with Gasteiger partial charge in [0, 0.05) is 17.3 Å². The molecule has 0 saturated carbocycles. The van der Waals surface area contributed by atoms with Crippen molar-refractivity contribution in [3.63, 3.8) is 0 Å². The highest BCUT2D eigenvalue weighted by molar-refractivity contribution is 7.13. The SMILES string of the molecule is Cc1ccc(C)c(Nc2ncnc(Nc3nccs3)c2N)c1. The van der Waals surface area contributed by atoms with Crippen molar-refractivity contribution in [2.75, 3.05) is 16.4 Å². The molecule has 6 nitrogen and oxygen atoms in total. The van der Waals surface area contributed by atoms with Crippen LogP contribution in [0, 0.1) is 13.8 Å². The second-order valence-corrected chi connectivity index (χ2v) is 5.78. The van der Waals surface area contributed by atoms with Crippen molar-refractivity contribution >= 4 is 39.5 Å². The normalized spacial score (nSPS) is 10.5. The molecule has 0 amide bonds. The molecule has 0 aliphatic heterocycles. The Morgan fingerprint density at radius 1 is 1.05 bits per heavy atom. The first-order chi connectivity index (χ1) is 10.6. The van der Waals surface area contributed by atoms with Gasteiger partial charge >= 0.3 is 0 Å². The number of aryl methyl sites for hydroxylation is 2. The summed E-state index contributed by atoms with van der Waals surface area (Å²) in [5.41, 5.74) is 9.89. The molecule has 22 heavy (non-hydrogen) atoms. The number of hydrogen-bond donors (Lipinski definition) is 3. The minimum Gasteiger partial charge on any atom is -0.393 e. The Kier molecular flexibility index (Phi) is 3.88. The summed E-state index contributed by atoms with van der Waals surface area (Å²) in [6.45, 7) is 4.08. The van der Waals surface area contributed by atoms with Crippen LogP contribution in [0.25, 0.3) is 0 Å². The molecule has 0 fully saturated rings. The van der Waals surface area contributed by atoms with Crippen molar-refractivity contribution in [2.24, 2.45) is 0 Å². The van der Waals surface area contributed by atoms with Gasteiger partial charge in [-0.3, -0.25) is 0 Å². The minimum atomic E-state index is 0.457. The average Bonchev–Trinajstić information content (AvgIpc) is 3.00. The van der Waals surface area contributed by atoms with Crippen molar-refractivity contribution in [3.05, 3.63) is 47.2 Å². The summed E-state index contributed by atoms with van der Waals surface area (Å²) in [7, 11) is 0. The molecule has 0 aliphatic rings. The predicted octanol–water partition coefficient (Wildman–Crippen LogP) is 3.62. The molecule has 0 saturated heterocycles. The number of benzene rings is 1. The van der Waals surface area contributed by atoms with E-state index in [1.807, 2.05) is 19.2 Å². The highest BCUT2D eigenvalue weighted by atomic mass is 32.1. The van der Waals surface area contributed by atoms with Crippen LogP contribution in [-0.2, 0) is 0 Å². The Morgan fingerprint density at radius 3 is 2.55 bits per heavy atom. The molecule has 0 unspecified atom stereocenters. The van der Waals surface area contributed by atoms with Gasteiger partial charge in [0.1, 0.15) is 12.0 Å². The number of nitrogens with one attached hydrogen (secondary N) is 2. The number of nitrogens with two attached hydrogens (primary N) is 1. The number of aromatic nitrogens is 3. The standard InChI is InChI=1S/C15H16N6S/c1-9-3-4-10(2)11(7-9)20-13-12(16)14(19-8-18-13)21-15-17-5-6-22-15/h3-8H,16H2,1-2H3,(H2,17,18,19,20,21). The molecule has 3 aromatic rings. The third-order valence-corrected chi connectivity index (χ3v) is 3.88. The summed E-state index contributed by atoms with van der Waals surface area (Å²) < 4.78 is 0. The summed E-state index contributed by atoms with van der Waals surface area (Å²) in [5.74, 6) is 1.11. The summed E-state index contributed by atoms with van der Waals surface area (Å²) in [6.07, 6.45) is 3.19. The molecule has 2 heterocycles. The van der Waals surface area contributed by atoms with E-state index in [9.17, 15) is 0 Å². The summed E-state index contributed by atoms with van der Waals surface area (Å²) in [4.78, 5) is 12.6. The van der Waals surface area contributed by atoms with E-state index in [1.165, 1.54) is 23.2 Å². The third kappa shape index (κ3) is 2.99. The van der Waals surface area contributed by atoms with Crippen molar-refractivity contribution in [1.29, 1.82) is 0 Å². The monoisotopic (exact) mass is 312 g/mol. The fourth-order valence-corrected chi connectivity index (χ4v) is 2.51. The van der Waals surface area contributed by atoms with E-state index in [0.29, 0.717) is 17.3 Å². The minimum absolute atomic E-state index is 0.457. The van der Waals surface area contributed by atoms with Gasteiger partial charge in [0.15, 0.2) is 16.8 Å². The molecule has 7 heteroatoms. The zero-order chi connectivity index (χ0) is 15.5. The first-order valence-corrected chi connectivity index (χ1v) is 7.62. The molecule has 2 aromatic heterocycles. The van der Waals surface area contributed by atoms with Crippen LogP contribution in [0.4, 0.5) is 28.1 Å². The smallest absolute Gasteiger partial charge is 0.188 e. The van der Waals surface area contributed by atoms with E-state index in [4.69, 9.17) is 5.73 Å². The van der Waals surface area contributed by atoms with E-state index in [2.05, 4.69) is 43.8 Å². The van der Waals surface area contributed by atoms with Gasteiger partial charge in [-0.15, -0.1) is 11.3 Å². The van der Waals surface area contributed by atoms with Crippen LogP contribution in [-0.4, -0.2) is 15.0 Å². The Balaban J connectivity index is 1.89. The number of rotatable bonds is 4. The molecule has 0 spiro atoms. The highest BCUT2D eigenvalue weighted by Gasteiger charge is 2.10. The van der Waals surface area contributed by atoms with Gasteiger partial charge in [0.05, 0.1) is 0 Å². The average molecular weight is 312 g/mol. The first-order valence-electron chi connectivity index (χ1n) is 6.75. The zero-order valence-electron chi connectivity index (χ0n) is 12.3. The molecule has 0 radical (unpaired) electrons. The van der Waals surface area contributed by atoms with Crippen molar-refractivity contribution < 1.29 is 0 Å². The molecule has 0 atom stereocenters. The Bertz CT molecular complexity index is 785. The third-order valence-electron chi connectivity index (χ3n) is 3.19. The lowest BCUT2D eigenvalue weighted by atomic mass is 10.1. The number of nitrogens with zero attached hydrogens (tertiary/aromatic N) is 3. The van der Waals surface area contributed by atoms with E-state index in [0.717, 1.165) is 16.4 Å². The maximum atomic E-state index is 6.16. The van der Waals surface area contributed by atoms with Gasteiger partial charge in [-0.25, -0.2) is 15.0 Å². The predicted molar refractivity (Wildman–Crippen MR) is 91.0 cm³/mol. The molecule has 3 rings (SSSR count). The van der Waals surface area contributed by atoms with E-state index < -0.39 is 0 Å². The fourth-order valence-electron chi connectivity index (χ4n) is 1.98. The fraction of sp³-hybridized carbons (Fsp3) is 0.133. The Labute approximate surface area is 132 Å². The summed E-state index contributed by atoms with van der Waals surface area (Å²) in [6, 6.07) is 6.19. The van der Waals surface area contributed by atoms with E-state index in [-0.39, 0.29) is 0 Å². The zero-order valence-corrected chi connectivity index (χ0v) is 13.1. The van der Waals surface area contributed by atoms with Crippen LogP contribution >= 0.6 is 11.3 Å². The van der Waals surface area contributed by atoms with Gasteiger partial charge in [-0.05, 0) is 31.0 Å². The molecular weight excluding hydrogens is 296 g/mol. The van der Waals surface area contributed by atoms with Crippen molar-refractivity contribution in [2.45, 2.75) is 13.8 Å². The van der Waals surface area contributed by atoms with Crippen LogP contribution in [0.15, 0.2) is 36.1 Å². The van der Waals surface area contributed by atoms with Crippen LogP contribution < -0.4 is 16.4 Å². The number of thiazole rings is 1. The maximum Gasteiger partial charge on any atom is 0.188 e. The number of nitrogen functional groups attached to an aromatic ring is 1. The van der Waals surface area contributed by atoms with Gasteiger partial charge in [0.2, 0.25) is 0 Å². The molecule has 1 aromatic carbocycles. The molecular formula is C15H16N6S. The van der Waals surface area contributed by atoms with Crippen LogP contribution in [0.1, 0.15) is 11.1 Å². The van der Waals surface area contributed by atoms with Gasteiger partial charge in [-0.1, -0.05) is 12.1 Å². The Hall–Kier alpha value is -2.67. The largest absolute Gasteiger partial charge is 0.393 e. The maximum absolute atomic E-state index is 6.16. The topological polar surface area (TPSA) is 88.8 Å². The molecule has 0 aliphatic carbocycles. The quantitative estimate of drug-likeness (QED) is 0.682. The van der Waals surface area contributed by atoms with Crippen LogP contribution in [0.5, 0.6) is 0 Å². The van der Waals surface area contributed by atoms with Gasteiger partial charge in [-0.2, -0.15) is 0 Å². The van der Waals surface area contributed by atoms with Crippen molar-refractivity contribution in [1.82, 2.24) is 15.0 Å². The van der Waals surface area contributed by atoms with Crippen molar-refractivity contribution in [3.8, 4) is 0 Å². The van der Waals surface area contributed by atoms with E-state index in [1.54, 1.807) is 6.20 Å². The van der Waals surface area contributed by atoms with Crippen LogP contribution in [0.2, 0.25) is 0 Å². The van der Waals surface area contributed by atoms with E-state index >= 15 is 0 Å². The first kappa shape index (κ1) is 14.3. The van der Waals surface area contributed by atoms with Gasteiger partial charge in [0.25, 0.3) is 0 Å². The lowest BCUT2D eigenvalue weighted by molar-refractivity contribution is 1.16. The van der Waals surface area contributed by atoms with Gasteiger partial charge < -0.3 is 16.4 Å². The molecule has 112 valence electrons.